The van der Waals surface area contributed by atoms with Crippen molar-refractivity contribution in [3.63, 3.8) is 0 Å². The normalized spacial score (nSPS) is 13.0. The molecule has 1 aliphatic carbocycles. The molecule has 0 spiro atoms. The highest BCUT2D eigenvalue weighted by Crippen LogP contribution is 2.29. The quantitative estimate of drug-likeness (QED) is 0.376. The zero-order chi connectivity index (χ0) is 16.7. The van der Waals surface area contributed by atoms with Crippen LogP contribution in [0.15, 0.2) is 56.1 Å². The van der Waals surface area contributed by atoms with Gasteiger partial charge >= 0.3 is 11.6 Å². The summed E-state index contributed by atoms with van der Waals surface area (Å²) in [6.45, 7) is 0. The Morgan fingerprint density at radius 1 is 1.04 bits per heavy atom. The number of halogens is 1. The van der Waals surface area contributed by atoms with Crippen molar-refractivity contribution in [1.82, 2.24) is 0 Å². The fraction of sp³-hybridized carbons (Fsp3) is 0.158. The van der Waals surface area contributed by atoms with Crippen LogP contribution in [0.3, 0.4) is 0 Å². The minimum Gasteiger partial charge on any atom is -0.423 e. The molecule has 1 aromatic heterocycles. The summed E-state index contributed by atoms with van der Waals surface area (Å²) in [5, 5.41) is 0.922. The number of fused-ring (bicyclic) bond motifs is 3. The molecule has 5 heteroatoms. The van der Waals surface area contributed by atoms with E-state index in [-0.39, 0.29) is 5.63 Å². The van der Waals surface area contributed by atoms with E-state index in [0.29, 0.717) is 16.9 Å². The minimum absolute atomic E-state index is 0.286. The number of hydrogen-bond acceptors (Lipinski definition) is 4. The Kier molecular flexibility index (Phi) is 3.73. The van der Waals surface area contributed by atoms with Gasteiger partial charge in [-0.2, -0.15) is 0 Å². The minimum atomic E-state index is -0.453. The van der Waals surface area contributed by atoms with Crippen LogP contribution in [0, 0.1) is 0 Å². The van der Waals surface area contributed by atoms with Gasteiger partial charge in [-0.05, 0) is 61.2 Å². The number of carbonyl (C=O) groups excluding carboxylic acids is 1. The molecule has 120 valence electrons. The van der Waals surface area contributed by atoms with Crippen LogP contribution < -0.4 is 10.4 Å². The summed E-state index contributed by atoms with van der Waals surface area (Å²) in [4.78, 5) is 24.2. The molecule has 0 atom stereocenters. The van der Waals surface area contributed by atoms with Crippen molar-refractivity contribution in [2.75, 3.05) is 0 Å². The number of hydrogen-bond donors (Lipinski definition) is 0. The number of benzene rings is 2. The Labute approximate surface area is 146 Å². The van der Waals surface area contributed by atoms with E-state index in [2.05, 4.69) is 15.9 Å². The molecule has 4 nitrogen and oxygen atoms in total. The van der Waals surface area contributed by atoms with E-state index in [9.17, 15) is 9.59 Å². The lowest BCUT2D eigenvalue weighted by atomic mass is 10.1. The third-order valence-corrected chi connectivity index (χ3v) is 4.76. The van der Waals surface area contributed by atoms with Crippen LogP contribution in [0.1, 0.15) is 27.9 Å². The molecule has 0 saturated carbocycles. The lowest BCUT2D eigenvalue weighted by Gasteiger charge is -2.07. The Morgan fingerprint density at radius 2 is 1.79 bits per heavy atom. The molecule has 0 amide bonds. The zero-order valence-corrected chi connectivity index (χ0v) is 14.3. The van der Waals surface area contributed by atoms with Crippen LogP contribution in [0.2, 0.25) is 0 Å². The molecule has 0 unspecified atom stereocenters. The van der Waals surface area contributed by atoms with Gasteiger partial charge in [0.1, 0.15) is 11.3 Å². The smallest absolute Gasteiger partial charge is 0.343 e. The van der Waals surface area contributed by atoms with Gasteiger partial charge in [-0.3, -0.25) is 0 Å². The standard InChI is InChI=1S/C19H13BrO4/c20-12-6-4-11(5-7-12)18(21)23-13-8-9-15-14-2-1-3-16(14)19(22)24-17(15)10-13/h4-10H,1-3H2. The third kappa shape index (κ3) is 2.65. The SMILES string of the molecule is O=C(Oc1ccc2c3c(c(=O)oc2c1)CCC3)c1ccc(Br)cc1. The number of carbonyl (C=O) groups is 1. The van der Waals surface area contributed by atoms with Crippen molar-refractivity contribution in [3.05, 3.63) is 74.0 Å². The van der Waals surface area contributed by atoms with Gasteiger partial charge in [0.25, 0.3) is 0 Å². The van der Waals surface area contributed by atoms with Crippen LogP contribution in [0.4, 0.5) is 0 Å². The molecular formula is C19H13BrO4. The first-order valence-electron chi connectivity index (χ1n) is 7.68. The van der Waals surface area contributed by atoms with Crippen molar-refractivity contribution >= 4 is 32.9 Å². The highest BCUT2D eigenvalue weighted by atomic mass is 79.9. The molecule has 1 heterocycles. The number of rotatable bonds is 2. The summed E-state index contributed by atoms with van der Waals surface area (Å²) < 4.78 is 11.7. The molecule has 0 N–H and O–H groups in total. The van der Waals surface area contributed by atoms with Crippen molar-refractivity contribution < 1.29 is 13.9 Å². The Morgan fingerprint density at radius 3 is 2.58 bits per heavy atom. The largest absolute Gasteiger partial charge is 0.423 e. The zero-order valence-electron chi connectivity index (χ0n) is 12.7. The predicted molar refractivity (Wildman–Crippen MR) is 93.6 cm³/mol. The second-order valence-electron chi connectivity index (χ2n) is 5.75. The molecule has 0 fully saturated rings. The van der Waals surface area contributed by atoms with Gasteiger partial charge in [-0.15, -0.1) is 0 Å². The molecule has 0 aliphatic heterocycles. The second kappa shape index (κ2) is 5.91. The molecular weight excluding hydrogens is 372 g/mol. The van der Waals surface area contributed by atoms with Crippen molar-refractivity contribution in [1.29, 1.82) is 0 Å². The van der Waals surface area contributed by atoms with Gasteiger partial charge in [0.15, 0.2) is 0 Å². The van der Waals surface area contributed by atoms with Crippen LogP contribution in [-0.2, 0) is 12.8 Å². The summed E-state index contributed by atoms with van der Waals surface area (Å²) in [6.07, 6.45) is 2.63. The van der Waals surface area contributed by atoms with Crippen molar-refractivity contribution in [3.8, 4) is 5.75 Å². The maximum atomic E-state index is 12.2. The molecule has 3 aromatic rings. The Hall–Kier alpha value is -2.40. The fourth-order valence-corrected chi connectivity index (χ4v) is 3.34. The maximum absolute atomic E-state index is 12.2. The summed E-state index contributed by atoms with van der Waals surface area (Å²) in [5.41, 5.74) is 2.47. The van der Waals surface area contributed by atoms with Crippen molar-refractivity contribution in [2.24, 2.45) is 0 Å². The second-order valence-corrected chi connectivity index (χ2v) is 6.67. The van der Waals surface area contributed by atoms with E-state index in [1.54, 1.807) is 36.4 Å². The molecule has 24 heavy (non-hydrogen) atoms. The number of aryl methyl sites for hydroxylation is 1. The monoisotopic (exact) mass is 384 g/mol. The molecule has 2 aromatic carbocycles. The van der Waals surface area contributed by atoms with E-state index in [0.717, 1.165) is 40.2 Å². The first-order chi connectivity index (χ1) is 11.6. The van der Waals surface area contributed by atoms with E-state index in [1.807, 2.05) is 6.07 Å². The number of esters is 1. The average molecular weight is 385 g/mol. The first-order valence-corrected chi connectivity index (χ1v) is 8.47. The lowest BCUT2D eigenvalue weighted by molar-refractivity contribution is 0.0735. The van der Waals surface area contributed by atoms with Crippen LogP contribution in [0.25, 0.3) is 11.0 Å². The van der Waals surface area contributed by atoms with E-state index < -0.39 is 5.97 Å². The third-order valence-electron chi connectivity index (χ3n) is 4.24. The predicted octanol–water partition coefficient (Wildman–Crippen LogP) is 4.26. The molecule has 4 rings (SSSR count). The van der Waals surface area contributed by atoms with Gasteiger partial charge in [0.05, 0.1) is 5.56 Å². The molecule has 1 aliphatic rings. The molecule has 0 bridgehead atoms. The van der Waals surface area contributed by atoms with Crippen LogP contribution in [-0.4, -0.2) is 5.97 Å². The maximum Gasteiger partial charge on any atom is 0.343 e. The summed E-state index contributed by atoms with van der Waals surface area (Å²) in [6, 6.07) is 12.1. The number of ether oxygens (including phenoxy) is 1. The van der Waals surface area contributed by atoms with Gasteiger partial charge < -0.3 is 9.15 Å². The summed E-state index contributed by atoms with van der Waals surface area (Å²) in [7, 11) is 0. The van der Waals surface area contributed by atoms with Gasteiger partial charge in [0.2, 0.25) is 0 Å². The highest BCUT2D eigenvalue weighted by molar-refractivity contribution is 9.10. The van der Waals surface area contributed by atoms with Gasteiger partial charge in [-0.25, -0.2) is 9.59 Å². The lowest BCUT2D eigenvalue weighted by Crippen LogP contribution is -2.09. The summed E-state index contributed by atoms with van der Waals surface area (Å²) in [5.74, 6) is -0.0955. The highest BCUT2D eigenvalue weighted by Gasteiger charge is 2.20. The van der Waals surface area contributed by atoms with E-state index >= 15 is 0 Å². The molecule has 0 saturated heterocycles. The van der Waals surface area contributed by atoms with E-state index in [1.165, 1.54) is 0 Å². The average Bonchev–Trinajstić information content (AvgIpc) is 3.06. The van der Waals surface area contributed by atoms with Gasteiger partial charge in [0, 0.05) is 21.5 Å². The first kappa shape index (κ1) is 15.1. The Balaban J connectivity index is 1.68. The van der Waals surface area contributed by atoms with Crippen LogP contribution in [0.5, 0.6) is 5.75 Å². The fourth-order valence-electron chi connectivity index (χ4n) is 3.08. The van der Waals surface area contributed by atoms with Gasteiger partial charge in [-0.1, -0.05) is 15.9 Å². The van der Waals surface area contributed by atoms with E-state index in [4.69, 9.17) is 9.15 Å². The molecule has 0 radical (unpaired) electrons. The van der Waals surface area contributed by atoms with Crippen molar-refractivity contribution in [2.45, 2.75) is 19.3 Å². The Bertz CT molecular complexity index is 1000. The topological polar surface area (TPSA) is 56.5 Å². The summed E-state index contributed by atoms with van der Waals surface area (Å²) >= 11 is 3.33. The van der Waals surface area contributed by atoms with Crippen LogP contribution >= 0.6 is 15.9 Å².